The molecule has 4 aliphatic carbocycles. The second-order valence-corrected chi connectivity index (χ2v) is 16.9. The number of rotatable bonds is 4. The van der Waals surface area contributed by atoms with E-state index in [4.69, 9.17) is 4.74 Å². The molecule has 0 bridgehead atoms. The molecule has 0 aromatic heterocycles. The summed E-state index contributed by atoms with van der Waals surface area (Å²) in [5, 5.41) is 2.61. The highest BCUT2D eigenvalue weighted by Crippen LogP contribution is 2.75. The molecule has 3 nitrogen and oxygen atoms in total. The number of nitrogens with one attached hydrogen (secondary N) is 1. The van der Waals surface area contributed by atoms with Crippen LogP contribution in [0, 0.1) is 5.92 Å². The molecular formula is C55H42N2O. The summed E-state index contributed by atoms with van der Waals surface area (Å²) in [7, 11) is 0. The predicted molar refractivity (Wildman–Crippen MR) is 233 cm³/mol. The van der Waals surface area contributed by atoms with Crippen LogP contribution in [0.3, 0.4) is 0 Å². The third-order valence-electron chi connectivity index (χ3n) is 14.4. The first-order chi connectivity index (χ1) is 28.8. The van der Waals surface area contributed by atoms with Crippen molar-refractivity contribution >= 4 is 11.1 Å². The number of hydrogen-bond acceptors (Lipinski definition) is 3. The number of nitrogens with zero attached hydrogens (tertiary/aromatic N) is 1. The fourth-order valence-electron chi connectivity index (χ4n) is 12.1. The van der Waals surface area contributed by atoms with Crippen molar-refractivity contribution < 1.29 is 4.74 Å². The number of fused-ring (bicyclic) bond motifs is 13. The van der Waals surface area contributed by atoms with E-state index < -0.39 is 5.41 Å². The van der Waals surface area contributed by atoms with Gasteiger partial charge in [-0.2, -0.15) is 0 Å². The Morgan fingerprint density at radius 1 is 0.552 bits per heavy atom. The summed E-state index contributed by atoms with van der Waals surface area (Å²) in [5.41, 5.74) is 23.8. The molecule has 0 radical (unpaired) electrons. The maximum atomic E-state index is 6.76. The van der Waals surface area contributed by atoms with Gasteiger partial charge in [0.1, 0.15) is 11.5 Å². The van der Waals surface area contributed by atoms with Crippen molar-refractivity contribution in [3.63, 3.8) is 0 Å². The van der Waals surface area contributed by atoms with Crippen LogP contribution < -0.4 is 10.2 Å². The van der Waals surface area contributed by atoms with Crippen molar-refractivity contribution in [2.45, 2.75) is 42.6 Å². The zero-order valence-electron chi connectivity index (χ0n) is 32.3. The minimum Gasteiger partial charge on any atom is -0.457 e. The molecule has 58 heavy (non-hydrogen) atoms. The zero-order valence-corrected chi connectivity index (χ0v) is 32.3. The Morgan fingerprint density at radius 3 is 2.09 bits per heavy atom. The van der Waals surface area contributed by atoms with Crippen LogP contribution in [0.4, 0.5) is 0 Å². The molecule has 7 aliphatic rings. The van der Waals surface area contributed by atoms with E-state index in [1.807, 2.05) is 0 Å². The lowest BCUT2D eigenvalue weighted by Gasteiger charge is -2.40. The van der Waals surface area contributed by atoms with E-state index in [1.54, 1.807) is 0 Å². The van der Waals surface area contributed by atoms with E-state index in [1.165, 1.54) is 83.6 Å². The Balaban J connectivity index is 0.943. The summed E-state index contributed by atoms with van der Waals surface area (Å²) in [6.45, 7) is 0.833. The Morgan fingerprint density at radius 2 is 1.24 bits per heavy atom. The van der Waals surface area contributed by atoms with Gasteiger partial charge in [0.2, 0.25) is 0 Å². The van der Waals surface area contributed by atoms with Crippen molar-refractivity contribution in [3.05, 3.63) is 237 Å². The van der Waals surface area contributed by atoms with Crippen LogP contribution in [0.5, 0.6) is 11.5 Å². The Bertz CT molecular complexity index is 2880. The van der Waals surface area contributed by atoms with Gasteiger partial charge in [0, 0.05) is 35.1 Å². The van der Waals surface area contributed by atoms with Gasteiger partial charge in [0.15, 0.2) is 0 Å². The molecular weight excluding hydrogens is 705 g/mol. The van der Waals surface area contributed by atoms with Gasteiger partial charge in [-0.25, -0.2) is 5.43 Å². The third-order valence-corrected chi connectivity index (χ3v) is 14.4. The van der Waals surface area contributed by atoms with Crippen molar-refractivity contribution in [1.29, 1.82) is 0 Å². The van der Waals surface area contributed by atoms with Gasteiger partial charge >= 0.3 is 0 Å². The largest absolute Gasteiger partial charge is 0.457 e. The molecule has 1 spiro atoms. The normalized spacial score (nSPS) is 25.4. The van der Waals surface area contributed by atoms with E-state index in [9.17, 15) is 0 Å². The fourth-order valence-corrected chi connectivity index (χ4v) is 12.1. The lowest BCUT2D eigenvalue weighted by molar-refractivity contribution is 0.161. The van der Waals surface area contributed by atoms with Gasteiger partial charge < -0.3 is 4.74 Å². The van der Waals surface area contributed by atoms with Gasteiger partial charge in [-0.3, -0.25) is 5.01 Å². The molecule has 4 unspecified atom stereocenters. The fraction of sp³-hybridized carbons (Fsp3) is 0.164. The Labute approximate surface area is 340 Å². The monoisotopic (exact) mass is 746 g/mol. The summed E-state index contributed by atoms with van der Waals surface area (Å²) in [6, 6.07) is 56.6. The highest BCUT2D eigenvalue weighted by atomic mass is 16.5. The topological polar surface area (TPSA) is 24.5 Å². The summed E-state index contributed by atoms with van der Waals surface area (Å²) >= 11 is 0. The lowest BCUT2D eigenvalue weighted by atomic mass is 9.64. The van der Waals surface area contributed by atoms with E-state index in [2.05, 4.69) is 186 Å². The molecule has 3 heterocycles. The van der Waals surface area contributed by atoms with Crippen molar-refractivity contribution in [2.24, 2.45) is 5.92 Å². The average molecular weight is 747 g/mol. The molecule has 1 saturated carbocycles. The van der Waals surface area contributed by atoms with Crippen molar-refractivity contribution in [2.75, 3.05) is 6.54 Å². The minimum atomic E-state index is -0.430. The van der Waals surface area contributed by atoms with Crippen LogP contribution in [0.2, 0.25) is 0 Å². The van der Waals surface area contributed by atoms with Crippen molar-refractivity contribution in [1.82, 2.24) is 10.4 Å². The summed E-state index contributed by atoms with van der Waals surface area (Å²) in [5.74, 6) is 2.54. The molecule has 6 aromatic carbocycles. The minimum absolute atomic E-state index is 0.215. The number of para-hydroxylation sites is 1. The second-order valence-electron chi connectivity index (χ2n) is 16.9. The zero-order chi connectivity index (χ0) is 38.0. The second kappa shape index (κ2) is 12.0. The SMILES string of the molecule is C1=CC2=C(CC1)C1=C(c3ccccc3)CNN1C1(c3ccccc3)C2C1c1ccc(-c2ccc3c(c2)C2(C4=C(CCC=C4)c4ccccc42)c2ccccc2O3)cc1. The lowest BCUT2D eigenvalue weighted by Crippen LogP contribution is -2.46. The van der Waals surface area contributed by atoms with E-state index in [0.717, 1.165) is 43.7 Å². The maximum absolute atomic E-state index is 6.76. The molecule has 1 N–H and O–H groups in total. The van der Waals surface area contributed by atoms with Gasteiger partial charge in [-0.1, -0.05) is 158 Å². The molecule has 0 saturated heterocycles. The highest BCUT2D eigenvalue weighted by Gasteiger charge is 2.74. The van der Waals surface area contributed by atoms with Crippen molar-refractivity contribution in [3.8, 4) is 22.6 Å². The number of hydrogen-bond donors (Lipinski definition) is 1. The molecule has 278 valence electrons. The molecule has 3 aliphatic heterocycles. The summed E-state index contributed by atoms with van der Waals surface area (Å²) in [6.07, 6.45) is 13.9. The number of allylic oxidation sites excluding steroid dienone is 7. The van der Waals surface area contributed by atoms with Gasteiger partial charge in [0.25, 0.3) is 0 Å². The molecule has 3 heteroatoms. The number of hydrazine groups is 1. The highest BCUT2D eigenvalue weighted by molar-refractivity contribution is 5.91. The number of benzene rings is 6. The first-order valence-electron chi connectivity index (χ1n) is 21.1. The van der Waals surface area contributed by atoms with E-state index in [-0.39, 0.29) is 5.54 Å². The molecule has 4 atom stereocenters. The van der Waals surface area contributed by atoms with Crippen LogP contribution in [-0.2, 0) is 11.0 Å². The van der Waals surface area contributed by atoms with Gasteiger partial charge in [-0.15, -0.1) is 0 Å². The predicted octanol–water partition coefficient (Wildman–Crippen LogP) is 12.4. The number of ether oxygens (including phenoxy) is 1. The standard InChI is InChI=1S/C55H42N2O/c1-3-15-36(16-4-1)44-34-56-57-53(44)43-22-8-7-21-42(43)52-51(55(52,57)39-17-5-2-6-18-39)37-29-27-35(28-30-37)38-31-32-50-48(33-38)54(47-25-13-14-26-49(47)58-50)45-23-11-9-19-40(45)41-20-10-12-24-46(41)54/h1-7,9,11-19,21,23-33,51-52,56H,8,10,20,22,34H2. The van der Waals surface area contributed by atoms with Gasteiger partial charge in [-0.05, 0) is 105 Å². The van der Waals surface area contributed by atoms with Crippen LogP contribution in [0.1, 0.15) is 70.5 Å². The van der Waals surface area contributed by atoms with E-state index >= 15 is 0 Å². The summed E-state index contributed by atoms with van der Waals surface area (Å²) < 4.78 is 6.76. The average Bonchev–Trinajstić information content (AvgIpc) is 3.66. The molecule has 1 fully saturated rings. The molecule has 13 rings (SSSR count). The van der Waals surface area contributed by atoms with Crippen LogP contribution in [0.15, 0.2) is 198 Å². The summed E-state index contributed by atoms with van der Waals surface area (Å²) in [4.78, 5) is 0. The quantitative estimate of drug-likeness (QED) is 0.194. The Kier molecular flexibility index (Phi) is 6.78. The van der Waals surface area contributed by atoms with E-state index in [0.29, 0.717) is 11.8 Å². The first-order valence-corrected chi connectivity index (χ1v) is 21.1. The first kappa shape index (κ1) is 32.6. The maximum Gasteiger partial charge on any atom is 0.132 e. The third kappa shape index (κ3) is 4.17. The van der Waals surface area contributed by atoms with Gasteiger partial charge in [0.05, 0.1) is 16.7 Å². The Hall–Kier alpha value is -6.42. The smallest absolute Gasteiger partial charge is 0.132 e. The molecule has 0 amide bonds. The van der Waals surface area contributed by atoms with Crippen LogP contribution in [-0.4, -0.2) is 11.6 Å². The van der Waals surface area contributed by atoms with Crippen LogP contribution >= 0.6 is 0 Å². The molecule has 6 aromatic rings. The van der Waals surface area contributed by atoms with Crippen LogP contribution in [0.25, 0.3) is 22.3 Å².